The summed E-state index contributed by atoms with van der Waals surface area (Å²) < 4.78 is 6.51. The largest absolute Gasteiger partial charge is 0.488 e. The number of benzene rings is 2. The number of amides is 3. The fourth-order valence-electron chi connectivity index (χ4n) is 2.32. The fraction of sp³-hybridized carbons (Fsp3) is 0.0588. The minimum atomic E-state index is -0.588. The number of carbonyl (C=O) groups is 2. The molecule has 132 valence electrons. The van der Waals surface area contributed by atoms with Gasteiger partial charge in [0, 0.05) is 22.2 Å². The molecule has 2 aromatic carbocycles. The van der Waals surface area contributed by atoms with Gasteiger partial charge in [0.2, 0.25) is 0 Å². The highest BCUT2D eigenvalue weighted by Gasteiger charge is 2.23. The minimum absolute atomic E-state index is 0.0189. The van der Waals surface area contributed by atoms with E-state index in [1.54, 1.807) is 30.3 Å². The molecule has 0 radical (unpaired) electrons. The number of nitrogens with one attached hydrogen (secondary N) is 2. The average molecular weight is 418 g/mol. The van der Waals surface area contributed by atoms with Gasteiger partial charge in [-0.15, -0.1) is 0 Å². The number of urea groups is 1. The molecule has 1 heterocycles. The Morgan fingerprint density at radius 2 is 1.96 bits per heavy atom. The highest BCUT2D eigenvalue weighted by molar-refractivity contribution is 9.10. The van der Waals surface area contributed by atoms with Crippen LogP contribution in [0.5, 0.6) is 5.75 Å². The molecule has 3 rings (SSSR count). The van der Waals surface area contributed by atoms with Crippen LogP contribution >= 0.6 is 15.9 Å². The zero-order valence-corrected chi connectivity index (χ0v) is 14.8. The van der Waals surface area contributed by atoms with Gasteiger partial charge in [0.15, 0.2) is 0 Å². The lowest BCUT2D eigenvalue weighted by Gasteiger charge is -2.10. The lowest BCUT2D eigenvalue weighted by molar-refractivity contribution is -0.384. The molecule has 1 aliphatic rings. The Hall–Kier alpha value is -3.20. The number of non-ortho nitro benzene ring substituents is 1. The summed E-state index contributed by atoms with van der Waals surface area (Å²) in [6, 6.07) is 10.7. The summed E-state index contributed by atoms with van der Waals surface area (Å²) in [5, 5.41) is 15.4. The maximum absolute atomic E-state index is 11.7. The van der Waals surface area contributed by atoms with Crippen LogP contribution in [0, 0.1) is 10.1 Å². The minimum Gasteiger partial charge on any atom is -0.488 e. The first kappa shape index (κ1) is 17.6. The summed E-state index contributed by atoms with van der Waals surface area (Å²) in [4.78, 5) is 33.3. The number of hydrogen-bond donors (Lipinski definition) is 2. The van der Waals surface area contributed by atoms with Crippen molar-refractivity contribution in [1.82, 2.24) is 10.6 Å². The van der Waals surface area contributed by atoms with Crippen molar-refractivity contribution in [3.05, 3.63) is 73.9 Å². The van der Waals surface area contributed by atoms with Gasteiger partial charge in [-0.1, -0.05) is 28.1 Å². The van der Waals surface area contributed by atoms with Gasteiger partial charge >= 0.3 is 6.03 Å². The quantitative estimate of drug-likeness (QED) is 0.336. The van der Waals surface area contributed by atoms with Gasteiger partial charge in [-0.2, -0.15) is 0 Å². The van der Waals surface area contributed by atoms with Crippen LogP contribution in [0.15, 0.2) is 52.6 Å². The Bertz CT molecular complexity index is 942. The molecule has 8 nitrogen and oxygen atoms in total. The van der Waals surface area contributed by atoms with Crippen molar-refractivity contribution in [2.45, 2.75) is 6.61 Å². The van der Waals surface area contributed by atoms with Gasteiger partial charge < -0.3 is 10.1 Å². The van der Waals surface area contributed by atoms with Gasteiger partial charge in [0.25, 0.3) is 11.6 Å². The van der Waals surface area contributed by atoms with Gasteiger partial charge in [0.1, 0.15) is 18.1 Å². The maximum atomic E-state index is 11.7. The monoisotopic (exact) mass is 417 g/mol. The van der Waals surface area contributed by atoms with E-state index in [9.17, 15) is 19.7 Å². The van der Waals surface area contributed by atoms with E-state index >= 15 is 0 Å². The number of carbonyl (C=O) groups excluding carboxylic acids is 2. The molecule has 1 fully saturated rings. The van der Waals surface area contributed by atoms with E-state index in [0.29, 0.717) is 16.9 Å². The molecule has 0 atom stereocenters. The number of halogens is 1. The smallest absolute Gasteiger partial charge is 0.326 e. The molecule has 0 unspecified atom stereocenters. The number of imide groups is 1. The highest BCUT2D eigenvalue weighted by atomic mass is 79.9. The van der Waals surface area contributed by atoms with Crippen LogP contribution in [-0.2, 0) is 11.4 Å². The predicted octanol–water partition coefficient (Wildman–Crippen LogP) is 3.12. The van der Waals surface area contributed by atoms with Crippen LogP contribution < -0.4 is 15.4 Å². The van der Waals surface area contributed by atoms with E-state index in [1.807, 2.05) is 0 Å². The van der Waals surface area contributed by atoms with Crippen molar-refractivity contribution >= 4 is 39.6 Å². The molecular formula is C17H12BrN3O5. The van der Waals surface area contributed by atoms with E-state index in [-0.39, 0.29) is 18.0 Å². The van der Waals surface area contributed by atoms with Crippen LogP contribution in [-0.4, -0.2) is 16.9 Å². The highest BCUT2D eigenvalue weighted by Crippen LogP contribution is 2.27. The summed E-state index contributed by atoms with van der Waals surface area (Å²) in [7, 11) is 0. The second-order valence-corrected chi connectivity index (χ2v) is 6.28. The summed E-state index contributed by atoms with van der Waals surface area (Å²) in [5.41, 5.74) is 1.28. The predicted molar refractivity (Wildman–Crippen MR) is 96.2 cm³/mol. The van der Waals surface area contributed by atoms with Gasteiger partial charge in [0.05, 0.1) is 4.92 Å². The van der Waals surface area contributed by atoms with Crippen molar-refractivity contribution in [3.63, 3.8) is 0 Å². The first-order valence-electron chi connectivity index (χ1n) is 7.42. The first-order valence-corrected chi connectivity index (χ1v) is 8.21. The Morgan fingerprint density at radius 1 is 1.15 bits per heavy atom. The summed E-state index contributed by atoms with van der Waals surface area (Å²) in [5.74, 6) is -0.0687. The van der Waals surface area contributed by atoms with Crippen LogP contribution in [0.1, 0.15) is 11.1 Å². The molecule has 3 amide bonds. The Balaban J connectivity index is 1.83. The molecule has 0 bridgehead atoms. The zero-order chi connectivity index (χ0) is 18.7. The van der Waals surface area contributed by atoms with E-state index in [0.717, 1.165) is 4.47 Å². The number of hydrogen-bond acceptors (Lipinski definition) is 5. The lowest BCUT2D eigenvalue weighted by Crippen LogP contribution is -2.22. The number of ether oxygens (including phenoxy) is 1. The van der Waals surface area contributed by atoms with E-state index in [1.165, 1.54) is 18.2 Å². The van der Waals surface area contributed by atoms with Crippen LogP contribution in [0.2, 0.25) is 0 Å². The zero-order valence-electron chi connectivity index (χ0n) is 13.2. The van der Waals surface area contributed by atoms with Crippen molar-refractivity contribution in [2.75, 3.05) is 0 Å². The van der Waals surface area contributed by atoms with Crippen molar-refractivity contribution < 1.29 is 19.2 Å². The number of nitrogens with zero attached hydrogens (tertiary/aromatic N) is 1. The fourth-order valence-corrected chi connectivity index (χ4v) is 2.70. The third-order valence-electron chi connectivity index (χ3n) is 3.51. The van der Waals surface area contributed by atoms with Crippen molar-refractivity contribution in [3.8, 4) is 5.75 Å². The molecule has 0 saturated carbocycles. The Morgan fingerprint density at radius 3 is 2.65 bits per heavy atom. The van der Waals surface area contributed by atoms with E-state index in [2.05, 4.69) is 26.6 Å². The second-order valence-electron chi connectivity index (χ2n) is 5.36. The molecule has 9 heteroatoms. The molecule has 2 N–H and O–H groups in total. The SMILES string of the molecule is O=C1NC(=O)/C(=C/c2cc(Br)ccc2OCc2cccc([N+](=O)[O-])c2)N1. The van der Waals surface area contributed by atoms with E-state index < -0.39 is 16.9 Å². The van der Waals surface area contributed by atoms with Gasteiger partial charge in [-0.25, -0.2) is 4.79 Å². The summed E-state index contributed by atoms with van der Waals surface area (Å²) in [6.45, 7) is 0.109. The average Bonchev–Trinajstić information content (AvgIpc) is 2.91. The van der Waals surface area contributed by atoms with Crippen molar-refractivity contribution in [1.29, 1.82) is 0 Å². The van der Waals surface area contributed by atoms with Crippen LogP contribution in [0.25, 0.3) is 6.08 Å². The second kappa shape index (κ2) is 7.36. The number of nitro groups is 1. The van der Waals surface area contributed by atoms with Crippen LogP contribution in [0.4, 0.5) is 10.5 Å². The summed E-state index contributed by atoms with van der Waals surface area (Å²) >= 11 is 3.35. The third kappa shape index (κ3) is 4.06. The Labute approximate surface area is 156 Å². The molecule has 2 aromatic rings. The normalized spacial score (nSPS) is 14.9. The van der Waals surface area contributed by atoms with E-state index in [4.69, 9.17) is 4.74 Å². The number of rotatable bonds is 5. The molecule has 26 heavy (non-hydrogen) atoms. The maximum Gasteiger partial charge on any atom is 0.326 e. The van der Waals surface area contributed by atoms with Gasteiger partial charge in [-0.3, -0.25) is 20.2 Å². The first-order chi connectivity index (χ1) is 12.4. The topological polar surface area (TPSA) is 111 Å². The Kier molecular flexibility index (Phi) is 4.99. The molecule has 1 saturated heterocycles. The standard InChI is InChI=1S/C17H12BrN3O5/c18-12-4-5-15(11(7-12)8-14-16(22)20-17(23)19-14)26-9-10-2-1-3-13(6-10)21(24)25/h1-8H,9H2,(H2,19,20,22,23)/b14-8-. The molecular weight excluding hydrogens is 406 g/mol. The molecule has 0 aromatic heterocycles. The summed E-state index contributed by atoms with van der Waals surface area (Å²) in [6.07, 6.45) is 1.49. The number of nitro benzene ring substituents is 1. The molecule has 0 aliphatic carbocycles. The van der Waals surface area contributed by atoms with Crippen molar-refractivity contribution in [2.24, 2.45) is 0 Å². The lowest BCUT2D eigenvalue weighted by atomic mass is 10.1. The molecule has 0 spiro atoms. The van der Waals surface area contributed by atoms with Crippen LogP contribution in [0.3, 0.4) is 0 Å². The molecule has 1 aliphatic heterocycles. The van der Waals surface area contributed by atoms with Gasteiger partial charge in [-0.05, 0) is 29.8 Å². The third-order valence-corrected chi connectivity index (χ3v) is 4.00.